The topological polar surface area (TPSA) is 60.0 Å². The summed E-state index contributed by atoms with van der Waals surface area (Å²) in [5.41, 5.74) is 0. The van der Waals surface area contributed by atoms with Crippen LogP contribution in [-0.4, -0.2) is 74.0 Å². The van der Waals surface area contributed by atoms with E-state index in [1.807, 2.05) is 4.90 Å². The Morgan fingerprint density at radius 3 is 2.36 bits per heavy atom. The fourth-order valence-electron chi connectivity index (χ4n) is 3.54. The number of nitrogens with zero attached hydrogens (tertiary/aromatic N) is 3. The smallest absolute Gasteiger partial charge is 0.244 e. The summed E-state index contributed by atoms with van der Waals surface area (Å²) in [6, 6.07) is 0. The second-order valence-electron chi connectivity index (χ2n) is 6.88. The van der Waals surface area contributed by atoms with Crippen LogP contribution < -0.4 is 10.6 Å². The van der Waals surface area contributed by atoms with Gasteiger partial charge < -0.3 is 20.4 Å². The summed E-state index contributed by atoms with van der Waals surface area (Å²) in [6.07, 6.45) is 6.05. The number of rotatable bonds is 7. The van der Waals surface area contributed by atoms with Crippen molar-refractivity contribution in [2.45, 2.75) is 46.0 Å². The van der Waals surface area contributed by atoms with Crippen LogP contribution >= 0.6 is 24.0 Å². The molecule has 0 aromatic rings. The van der Waals surface area contributed by atoms with Crippen LogP contribution in [0.3, 0.4) is 0 Å². The summed E-state index contributed by atoms with van der Waals surface area (Å²) in [6.45, 7) is 11.7. The number of amides is 1. The van der Waals surface area contributed by atoms with Gasteiger partial charge in [0.05, 0.1) is 0 Å². The van der Waals surface area contributed by atoms with Crippen molar-refractivity contribution in [1.82, 2.24) is 20.4 Å². The van der Waals surface area contributed by atoms with E-state index < -0.39 is 0 Å². The molecule has 2 fully saturated rings. The van der Waals surface area contributed by atoms with Crippen LogP contribution in [0.25, 0.3) is 0 Å². The van der Waals surface area contributed by atoms with Gasteiger partial charge >= 0.3 is 0 Å². The van der Waals surface area contributed by atoms with Crippen molar-refractivity contribution < 1.29 is 4.79 Å². The second kappa shape index (κ2) is 12.7. The number of piperidine rings is 1. The SMILES string of the molecule is CCNC(=NCC(=O)N1CCCC1)NCCC1CCN(CC)CC1.I. The molecule has 2 rings (SSSR count). The first-order valence-corrected chi connectivity index (χ1v) is 9.75. The third-order valence-electron chi connectivity index (χ3n) is 5.17. The van der Waals surface area contributed by atoms with E-state index in [0.29, 0.717) is 0 Å². The fourth-order valence-corrected chi connectivity index (χ4v) is 3.54. The number of hydrogen-bond acceptors (Lipinski definition) is 3. The highest BCUT2D eigenvalue weighted by Crippen LogP contribution is 2.19. The minimum absolute atomic E-state index is 0. The first kappa shape index (κ1) is 22.5. The standard InChI is InChI=1S/C18H35N5O.HI/c1-3-19-18(21-15-17(24)23-11-5-6-12-23)20-10-7-16-8-13-22(4-2)14-9-16;/h16H,3-15H2,1-2H3,(H2,19,20,21);1H. The summed E-state index contributed by atoms with van der Waals surface area (Å²) >= 11 is 0. The lowest BCUT2D eigenvalue weighted by Crippen LogP contribution is -2.40. The largest absolute Gasteiger partial charge is 0.357 e. The van der Waals surface area contributed by atoms with E-state index in [9.17, 15) is 4.79 Å². The first-order valence-electron chi connectivity index (χ1n) is 9.75. The molecule has 0 aromatic carbocycles. The number of nitrogens with one attached hydrogen (secondary N) is 2. The van der Waals surface area contributed by atoms with Crippen molar-refractivity contribution in [3.8, 4) is 0 Å². The molecule has 0 aliphatic carbocycles. The zero-order valence-electron chi connectivity index (χ0n) is 15.9. The minimum atomic E-state index is 0. The number of hydrogen-bond donors (Lipinski definition) is 2. The molecule has 0 bridgehead atoms. The Labute approximate surface area is 170 Å². The maximum atomic E-state index is 12.1. The van der Waals surface area contributed by atoms with Crippen LogP contribution in [0, 0.1) is 5.92 Å². The Morgan fingerprint density at radius 1 is 1.08 bits per heavy atom. The predicted molar refractivity (Wildman–Crippen MR) is 115 cm³/mol. The van der Waals surface area contributed by atoms with Crippen LogP contribution in [0.15, 0.2) is 4.99 Å². The number of aliphatic imine (C=N–C) groups is 1. The summed E-state index contributed by atoms with van der Waals surface area (Å²) in [5, 5.41) is 6.64. The van der Waals surface area contributed by atoms with E-state index in [-0.39, 0.29) is 36.4 Å². The molecule has 7 heteroatoms. The predicted octanol–water partition coefficient (Wildman–Crippen LogP) is 1.90. The third-order valence-corrected chi connectivity index (χ3v) is 5.17. The second-order valence-corrected chi connectivity index (χ2v) is 6.88. The van der Waals surface area contributed by atoms with Gasteiger partial charge in [0.1, 0.15) is 6.54 Å². The summed E-state index contributed by atoms with van der Waals surface area (Å²) in [7, 11) is 0. The van der Waals surface area contributed by atoms with Crippen molar-refractivity contribution in [1.29, 1.82) is 0 Å². The minimum Gasteiger partial charge on any atom is -0.357 e. The maximum Gasteiger partial charge on any atom is 0.244 e. The zero-order chi connectivity index (χ0) is 17.2. The molecule has 2 saturated heterocycles. The Morgan fingerprint density at radius 2 is 1.76 bits per heavy atom. The highest BCUT2D eigenvalue weighted by atomic mass is 127. The average molecular weight is 465 g/mol. The van der Waals surface area contributed by atoms with Gasteiger partial charge in [0.2, 0.25) is 5.91 Å². The Bertz CT molecular complexity index is 404. The van der Waals surface area contributed by atoms with Gasteiger partial charge in [-0.25, -0.2) is 4.99 Å². The highest BCUT2D eigenvalue weighted by Gasteiger charge is 2.18. The lowest BCUT2D eigenvalue weighted by molar-refractivity contribution is -0.128. The van der Waals surface area contributed by atoms with Crippen molar-refractivity contribution in [3.05, 3.63) is 0 Å². The number of halogens is 1. The molecule has 2 N–H and O–H groups in total. The van der Waals surface area contributed by atoms with E-state index in [1.165, 1.54) is 38.9 Å². The molecule has 2 aliphatic heterocycles. The van der Waals surface area contributed by atoms with E-state index in [1.54, 1.807) is 0 Å². The molecule has 0 saturated carbocycles. The van der Waals surface area contributed by atoms with Crippen LogP contribution in [0.5, 0.6) is 0 Å². The summed E-state index contributed by atoms with van der Waals surface area (Å²) in [5.74, 6) is 1.74. The molecule has 0 unspecified atom stereocenters. The van der Waals surface area contributed by atoms with E-state index >= 15 is 0 Å². The monoisotopic (exact) mass is 465 g/mol. The van der Waals surface area contributed by atoms with E-state index in [0.717, 1.165) is 50.9 Å². The third kappa shape index (κ3) is 8.11. The van der Waals surface area contributed by atoms with Gasteiger partial charge in [0, 0.05) is 26.2 Å². The molecule has 6 nitrogen and oxygen atoms in total. The lowest BCUT2D eigenvalue weighted by atomic mass is 9.93. The number of carbonyl (C=O) groups excluding carboxylic acids is 1. The molecule has 0 aromatic heterocycles. The highest BCUT2D eigenvalue weighted by molar-refractivity contribution is 14.0. The number of guanidine groups is 1. The van der Waals surface area contributed by atoms with Gasteiger partial charge in [0.25, 0.3) is 0 Å². The summed E-state index contributed by atoms with van der Waals surface area (Å²) in [4.78, 5) is 21.0. The van der Waals surface area contributed by atoms with Gasteiger partial charge in [-0.05, 0) is 64.6 Å². The number of carbonyl (C=O) groups is 1. The maximum absolute atomic E-state index is 12.1. The van der Waals surface area contributed by atoms with Crippen molar-refractivity contribution in [2.75, 3.05) is 52.4 Å². The summed E-state index contributed by atoms with van der Waals surface area (Å²) < 4.78 is 0. The molecule has 25 heavy (non-hydrogen) atoms. The van der Waals surface area contributed by atoms with Crippen molar-refractivity contribution in [3.63, 3.8) is 0 Å². The van der Waals surface area contributed by atoms with Crippen molar-refractivity contribution >= 4 is 35.8 Å². The Balaban J connectivity index is 0.00000312. The van der Waals surface area contributed by atoms with Crippen LogP contribution in [0.4, 0.5) is 0 Å². The zero-order valence-corrected chi connectivity index (χ0v) is 18.3. The molecule has 0 radical (unpaired) electrons. The Hall–Kier alpha value is -0.570. The van der Waals surface area contributed by atoms with Crippen LogP contribution in [0.2, 0.25) is 0 Å². The normalized spacial score (nSPS) is 19.6. The molecule has 1 amide bonds. The molecule has 0 atom stereocenters. The molecule has 2 heterocycles. The molecule has 0 spiro atoms. The van der Waals surface area contributed by atoms with Gasteiger partial charge in [-0.3, -0.25) is 4.79 Å². The number of likely N-dealkylation sites (tertiary alicyclic amines) is 2. The molecule has 146 valence electrons. The van der Waals surface area contributed by atoms with Crippen LogP contribution in [-0.2, 0) is 4.79 Å². The van der Waals surface area contributed by atoms with Gasteiger partial charge in [-0.2, -0.15) is 0 Å². The van der Waals surface area contributed by atoms with Gasteiger partial charge in [-0.15, -0.1) is 24.0 Å². The Kier molecular flexibility index (Phi) is 11.4. The van der Waals surface area contributed by atoms with E-state index in [2.05, 4.69) is 34.4 Å². The first-order chi connectivity index (χ1) is 11.7. The average Bonchev–Trinajstić information content (AvgIpc) is 3.14. The lowest BCUT2D eigenvalue weighted by Gasteiger charge is -2.31. The van der Waals surface area contributed by atoms with Gasteiger partial charge in [-0.1, -0.05) is 6.92 Å². The molecular formula is C18H36IN5O. The van der Waals surface area contributed by atoms with Crippen LogP contribution in [0.1, 0.15) is 46.0 Å². The molecule has 2 aliphatic rings. The van der Waals surface area contributed by atoms with Crippen molar-refractivity contribution in [2.24, 2.45) is 10.9 Å². The quantitative estimate of drug-likeness (QED) is 0.343. The fraction of sp³-hybridized carbons (Fsp3) is 0.889. The van der Waals surface area contributed by atoms with E-state index in [4.69, 9.17) is 0 Å². The van der Waals surface area contributed by atoms with Gasteiger partial charge in [0.15, 0.2) is 5.96 Å². The molecular weight excluding hydrogens is 429 g/mol.